The molecule has 0 aliphatic heterocycles. The average molecular weight is 226 g/mol. The zero-order valence-corrected chi connectivity index (χ0v) is 9.72. The van der Waals surface area contributed by atoms with Crippen molar-refractivity contribution in [3.8, 4) is 12.3 Å². The molecule has 0 radical (unpaired) electrons. The van der Waals surface area contributed by atoms with E-state index < -0.39 is 0 Å². The topological polar surface area (TPSA) is 36.4 Å². The van der Waals surface area contributed by atoms with E-state index in [-0.39, 0.29) is 6.61 Å². The van der Waals surface area contributed by atoms with Crippen LogP contribution >= 0.6 is 0 Å². The van der Waals surface area contributed by atoms with E-state index in [4.69, 9.17) is 6.42 Å². The van der Waals surface area contributed by atoms with Crippen LogP contribution in [-0.4, -0.2) is 23.7 Å². The zero-order valence-electron chi connectivity index (χ0n) is 9.72. The van der Waals surface area contributed by atoms with Gasteiger partial charge in [0.25, 0.3) is 0 Å². The van der Waals surface area contributed by atoms with Crippen LogP contribution in [0.15, 0.2) is 30.3 Å². The first-order chi connectivity index (χ1) is 8.26. The van der Waals surface area contributed by atoms with Gasteiger partial charge in [-0.15, -0.1) is 6.42 Å². The lowest BCUT2D eigenvalue weighted by Crippen LogP contribution is -2.19. The van der Waals surface area contributed by atoms with Crippen LogP contribution in [0.1, 0.15) is 5.69 Å². The molecule has 0 aliphatic carbocycles. The molecular weight excluding hydrogens is 212 g/mol. The minimum Gasteiger partial charge on any atom is -0.390 e. The van der Waals surface area contributed by atoms with E-state index in [1.807, 2.05) is 42.3 Å². The van der Waals surface area contributed by atoms with Gasteiger partial charge < -0.3 is 10.0 Å². The van der Waals surface area contributed by atoms with Crippen molar-refractivity contribution < 1.29 is 5.11 Å². The molecule has 2 rings (SSSR count). The second-order valence-electron chi connectivity index (χ2n) is 3.88. The van der Waals surface area contributed by atoms with Gasteiger partial charge in [0.15, 0.2) is 0 Å². The van der Waals surface area contributed by atoms with Crippen molar-refractivity contribution in [2.75, 3.05) is 18.5 Å². The minimum absolute atomic E-state index is 0.0677. The van der Waals surface area contributed by atoms with Gasteiger partial charge in [0, 0.05) is 12.4 Å². The second kappa shape index (κ2) is 4.86. The molecule has 0 atom stereocenters. The van der Waals surface area contributed by atoms with Gasteiger partial charge in [0.05, 0.1) is 18.8 Å². The Morgan fingerprint density at radius 2 is 2.18 bits per heavy atom. The van der Waals surface area contributed by atoms with Gasteiger partial charge in [-0.25, -0.2) is 4.98 Å². The third-order valence-electron chi connectivity index (χ3n) is 2.63. The van der Waals surface area contributed by atoms with Crippen LogP contribution in [0.4, 0.5) is 5.82 Å². The van der Waals surface area contributed by atoms with Crippen LogP contribution in [0.5, 0.6) is 0 Å². The number of hydrogen-bond acceptors (Lipinski definition) is 3. The van der Waals surface area contributed by atoms with E-state index in [9.17, 15) is 5.11 Å². The smallest absolute Gasteiger partial charge is 0.137 e. The quantitative estimate of drug-likeness (QED) is 0.811. The summed E-state index contributed by atoms with van der Waals surface area (Å²) in [7, 11) is 1.90. The lowest BCUT2D eigenvalue weighted by Gasteiger charge is -2.18. The molecule has 3 heteroatoms. The lowest BCUT2D eigenvalue weighted by molar-refractivity contribution is 0.277. The molecule has 0 saturated heterocycles. The molecule has 0 fully saturated rings. The van der Waals surface area contributed by atoms with Crippen molar-refractivity contribution in [3.63, 3.8) is 0 Å². The van der Waals surface area contributed by atoms with Gasteiger partial charge in [-0.2, -0.15) is 0 Å². The number of fused-ring (bicyclic) bond motifs is 1. The largest absolute Gasteiger partial charge is 0.390 e. The first kappa shape index (κ1) is 11.4. The van der Waals surface area contributed by atoms with Crippen molar-refractivity contribution in [3.05, 3.63) is 36.0 Å². The average Bonchev–Trinajstić information content (AvgIpc) is 2.37. The lowest BCUT2D eigenvalue weighted by atomic mass is 10.1. The monoisotopic (exact) mass is 226 g/mol. The Morgan fingerprint density at radius 3 is 2.88 bits per heavy atom. The summed E-state index contributed by atoms with van der Waals surface area (Å²) in [4.78, 5) is 6.32. The summed E-state index contributed by atoms with van der Waals surface area (Å²) < 4.78 is 0. The summed E-state index contributed by atoms with van der Waals surface area (Å²) in [6.45, 7) is 0.424. The number of benzene rings is 1. The highest BCUT2D eigenvalue weighted by Gasteiger charge is 2.08. The fourth-order valence-corrected chi connectivity index (χ4v) is 1.82. The summed E-state index contributed by atoms with van der Waals surface area (Å²) in [6, 6.07) is 9.84. The Balaban J connectivity index is 2.63. The Labute approximate surface area is 101 Å². The Morgan fingerprint density at radius 1 is 1.41 bits per heavy atom. The van der Waals surface area contributed by atoms with Gasteiger partial charge in [-0.1, -0.05) is 30.2 Å². The number of aliphatic hydroxyl groups excluding tert-OH is 1. The van der Waals surface area contributed by atoms with E-state index in [0.717, 1.165) is 16.6 Å². The molecule has 2 aromatic rings. The third kappa shape index (κ3) is 2.22. The number of nitrogens with zero attached hydrogens (tertiary/aromatic N) is 2. The fraction of sp³-hybridized carbons (Fsp3) is 0.214. The van der Waals surface area contributed by atoms with E-state index in [2.05, 4.69) is 10.9 Å². The Bertz CT molecular complexity index is 572. The number of terminal acetylenes is 1. The second-order valence-corrected chi connectivity index (χ2v) is 3.88. The molecule has 1 N–H and O–H groups in total. The summed E-state index contributed by atoms with van der Waals surface area (Å²) in [5.41, 5.74) is 0.655. The van der Waals surface area contributed by atoms with Crippen molar-refractivity contribution in [1.82, 2.24) is 4.98 Å². The first-order valence-electron chi connectivity index (χ1n) is 5.40. The van der Waals surface area contributed by atoms with Crippen LogP contribution < -0.4 is 4.90 Å². The highest BCUT2D eigenvalue weighted by Crippen LogP contribution is 2.24. The number of anilines is 1. The van der Waals surface area contributed by atoms with E-state index in [1.165, 1.54) is 0 Å². The number of hydrogen-bond donors (Lipinski definition) is 1. The molecule has 17 heavy (non-hydrogen) atoms. The number of rotatable bonds is 3. The van der Waals surface area contributed by atoms with Crippen molar-refractivity contribution in [1.29, 1.82) is 0 Å². The maximum atomic E-state index is 9.21. The molecule has 1 aromatic heterocycles. The van der Waals surface area contributed by atoms with Crippen LogP contribution in [0.2, 0.25) is 0 Å². The van der Waals surface area contributed by atoms with Crippen molar-refractivity contribution in [2.24, 2.45) is 0 Å². The number of pyridine rings is 1. The molecule has 0 saturated carbocycles. The summed E-state index contributed by atoms with van der Waals surface area (Å²) in [5, 5.41) is 11.3. The van der Waals surface area contributed by atoms with Gasteiger partial charge in [0.2, 0.25) is 0 Å². The predicted molar refractivity (Wildman–Crippen MR) is 69.8 cm³/mol. The maximum Gasteiger partial charge on any atom is 0.137 e. The normalized spacial score (nSPS) is 10.2. The van der Waals surface area contributed by atoms with Gasteiger partial charge in [-0.05, 0) is 11.5 Å². The highest BCUT2D eigenvalue weighted by atomic mass is 16.3. The third-order valence-corrected chi connectivity index (χ3v) is 2.63. The molecule has 3 nitrogen and oxygen atoms in total. The standard InChI is InChI=1S/C14H14N2O/c1-3-8-16(2)14-13-7-5-4-6-11(13)9-12(10-17)15-14/h1,4-7,9,17H,8,10H2,2H3. The SMILES string of the molecule is C#CCN(C)c1nc(CO)cc2ccccc12. The predicted octanol–water partition coefficient (Wildman–Crippen LogP) is 1.80. The highest BCUT2D eigenvalue weighted by molar-refractivity contribution is 5.92. The van der Waals surface area contributed by atoms with E-state index in [0.29, 0.717) is 12.2 Å². The van der Waals surface area contributed by atoms with E-state index >= 15 is 0 Å². The van der Waals surface area contributed by atoms with E-state index in [1.54, 1.807) is 0 Å². The van der Waals surface area contributed by atoms with Gasteiger partial charge >= 0.3 is 0 Å². The molecule has 86 valence electrons. The molecule has 0 amide bonds. The van der Waals surface area contributed by atoms with Crippen molar-refractivity contribution >= 4 is 16.6 Å². The minimum atomic E-state index is -0.0677. The fourth-order valence-electron chi connectivity index (χ4n) is 1.82. The van der Waals surface area contributed by atoms with Gasteiger partial charge in [-0.3, -0.25) is 0 Å². The van der Waals surface area contributed by atoms with Crippen molar-refractivity contribution in [2.45, 2.75) is 6.61 Å². The summed E-state index contributed by atoms with van der Waals surface area (Å²) >= 11 is 0. The molecule has 1 aromatic carbocycles. The summed E-state index contributed by atoms with van der Waals surface area (Å²) in [5.74, 6) is 3.40. The van der Waals surface area contributed by atoms with Crippen LogP contribution in [-0.2, 0) is 6.61 Å². The Hall–Kier alpha value is -2.05. The molecule has 0 spiro atoms. The summed E-state index contributed by atoms with van der Waals surface area (Å²) in [6.07, 6.45) is 5.31. The molecular formula is C14H14N2O. The van der Waals surface area contributed by atoms with Crippen LogP contribution in [0, 0.1) is 12.3 Å². The molecule has 0 unspecified atom stereocenters. The maximum absolute atomic E-state index is 9.21. The zero-order chi connectivity index (χ0) is 12.3. The van der Waals surface area contributed by atoms with Crippen LogP contribution in [0.25, 0.3) is 10.8 Å². The first-order valence-corrected chi connectivity index (χ1v) is 5.40. The Kier molecular flexibility index (Phi) is 3.27. The molecule has 0 bridgehead atoms. The molecule has 1 heterocycles. The van der Waals surface area contributed by atoms with Gasteiger partial charge in [0.1, 0.15) is 5.82 Å². The molecule has 0 aliphatic rings. The van der Waals surface area contributed by atoms with Crippen LogP contribution in [0.3, 0.4) is 0 Å². The number of aromatic nitrogens is 1. The number of aliphatic hydroxyl groups is 1.